The summed E-state index contributed by atoms with van der Waals surface area (Å²) in [5.74, 6) is -1.34. The van der Waals surface area contributed by atoms with E-state index in [4.69, 9.17) is 43.1 Å². The number of carbonyl (C=O) groups is 2. The van der Waals surface area contributed by atoms with Crippen LogP contribution in [0.25, 0.3) is 0 Å². The van der Waals surface area contributed by atoms with Crippen molar-refractivity contribution < 1.29 is 23.8 Å². The first-order chi connectivity index (χ1) is 17.1. The summed E-state index contributed by atoms with van der Waals surface area (Å²) < 4.78 is 16.1. The number of alkyl halides is 2. The molecule has 1 aliphatic heterocycles. The highest BCUT2D eigenvalue weighted by atomic mass is 35.5. The lowest BCUT2D eigenvalue weighted by molar-refractivity contribution is -0.0582. The van der Waals surface area contributed by atoms with Crippen molar-refractivity contribution in [3.63, 3.8) is 0 Å². The molecule has 0 bridgehead atoms. The normalized spacial score (nSPS) is 20.6. The monoisotopic (exact) mass is 531 g/mol. The van der Waals surface area contributed by atoms with Gasteiger partial charge in [0.25, 0.3) is 0 Å². The number of halogens is 2. The van der Waals surface area contributed by atoms with Crippen molar-refractivity contribution in [1.29, 1.82) is 0 Å². The smallest absolute Gasteiger partial charge is 0.351 e. The van der Waals surface area contributed by atoms with Gasteiger partial charge in [-0.05, 0) is 44.2 Å². The molecule has 1 saturated heterocycles. The third kappa shape index (κ3) is 5.38. The van der Waals surface area contributed by atoms with Gasteiger partial charge in [-0.15, -0.1) is 0 Å². The lowest BCUT2D eigenvalue weighted by Crippen LogP contribution is -2.43. The van der Waals surface area contributed by atoms with Crippen molar-refractivity contribution in [2.75, 3.05) is 12.3 Å². The first kappa shape index (κ1) is 25.7. The Hall–Kier alpha value is -3.40. The van der Waals surface area contributed by atoms with E-state index < -0.39 is 40.4 Å². The van der Waals surface area contributed by atoms with E-state index in [1.54, 1.807) is 48.5 Å². The Kier molecular flexibility index (Phi) is 7.35. The van der Waals surface area contributed by atoms with Crippen LogP contribution in [0.3, 0.4) is 0 Å². The average molecular weight is 532 g/mol. The largest absolute Gasteiger partial charge is 0.459 e. The molecule has 11 heteroatoms. The second-order valence-electron chi connectivity index (χ2n) is 8.40. The van der Waals surface area contributed by atoms with Crippen molar-refractivity contribution in [3.05, 3.63) is 93.5 Å². The molecule has 9 nitrogen and oxygen atoms in total. The zero-order valence-corrected chi connectivity index (χ0v) is 20.9. The maximum absolute atomic E-state index is 12.9. The number of aromatic nitrogens is 2. The standard InChI is InChI=1S/C25H23Cl2N3O6/c1-14-3-7-16(8-4-14)21(31)34-13-18-20(36-22(32)17-9-5-15(2)6-10-17)25(26,27)23(35-18)30-12-11-19(28)29-24(30)33/h3-12,18,20,23H,13H2,1-2H3,(H2,28,29,33)/t18-,20-,23?/m1/s1. The minimum atomic E-state index is -1.94. The predicted octanol–water partition coefficient (Wildman–Crippen LogP) is 3.60. The van der Waals surface area contributed by atoms with Crippen LogP contribution in [0.4, 0.5) is 5.82 Å². The highest BCUT2D eigenvalue weighted by Crippen LogP contribution is 2.48. The summed E-state index contributed by atoms with van der Waals surface area (Å²) in [6, 6.07) is 14.8. The Morgan fingerprint density at radius 3 is 2.11 bits per heavy atom. The molecular weight excluding hydrogens is 509 g/mol. The van der Waals surface area contributed by atoms with Crippen LogP contribution in [0.2, 0.25) is 0 Å². The predicted molar refractivity (Wildman–Crippen MR) is 133 cm³/mol. The van der Waals surface area contributed by atoms with Crippen molar-refractivity contribution in [3.8, 4) is 0 Å². The summed E-state index contributed by atoms with van der Waals surface area (Å²) >= 11 is 13.3. The number of anilines is 1. The van der Waals surface area contributed by atoms with E-state index in [2.05, 4.69) is 4.98 Å². The molecule has 3 aromatic rings. The third-order valence-electron chi connectivity index (χ3n) is 5.64. The Morgan fingerprint density at radius 2 is 1.56 bits per heavy atom. The molecule has 1 aromatic heterocycles. The quantitative estimate of drug-likeness (QED) is 0.378. The number of nitrogens with two attached hydrogens (primary N) is 1. The van der Waals surface area contributed by atoms with Crippen LogP contribution in [0.5, 0.6) is 0 Å². The molecule has 2 aromatic carbocycles. The Balaban J connectivity index is 1.60. The lowest BCUT2D eigenvalue weighted by atomic mass is 10.1. The van der Waals surface area contributed by atoms with E-state index in [9.17, 15) is 14.4 Å². The molecule has 0 aliphatic carbocycles. The Morgan fingerprint density at radius 1 is 1.00 bits per heavy atom. The molecule has 1 unspecified atom stereocenters. The second-order valence-corrected chi connectivity index (χ2v) is 9.84. The Labute approximate surface area is 216 Å². The molecule has 0 spiro atoms. The van der Waals surface area contributed by atoms with Crippen molar-refractivity contribution in [2.24, 2.45) is 0 Å². The number of hydrogen-bond acceptors (Lipinski definition) is 8. The minimum absolute atomic E-state index is 0.00471. The summed E-state index contributed by atoms with van der Waals surface area (Å²) in [6.45, 7) is 3.42. The number of aryl methyl sites for hydroxylation is 2. The number of carbonyl (C=O) groups excluding carboxylic acids is 2. The summed E-state index contributed by atoms with van der Waals surface area (Å²) in [6.07, 6.45) is -2.41. The van der Waals surface area contributed by atoms with Gasteiger partial charge in [0.1, 0.15) is 18.5 Å². The zero-order valence-electron chi connectivity index (χ0n) is 19.4. The van der Waals surface area contributed by atoms with Gasteiger partial charge < -0.3 is 19.9 Å². The molecule has 2 heterocycles. The molecule has 2 N–H and O–H groups in total. The number of nitrogens with zero attached hydrogens (tertiary/aromatic N) is 2. The second kappa shape index (κ2) is 10.3. The highest BCUT2D eigenvalue weighted by Gasteiger charge is 2.59. The molecule has 0 radical (unpaired) electrons. The van der Waals surface area contributed by atoms with E-state index in [1.807, 2.05) is 13.8 Å². The minimum Gasteiger partial charge on any atom is -0.459 e. The number of ether oxygens (including phenoxy) is 3. The van der Waals surface area contributed by atoms with Gasteiger partial charge in [-0.2, -0.15) is 4.98 Å². The summed E-state index contributed by atoms with van der Waals surface area (Å²) in [7, 11) is 0. The SMILES string of the molecule is Cc1ccc(C(=O)OC[C@H]2OC(n3ccc(N)nc3=O)C(Cl)(Cl)[C@@H]2OC(=O)c2ccc(C)cc2)cc1. The fraction of sp³-hybridized carbons (Fsp3) is 0.280. The number of hydrogen-bond donors (Lipinski definition) is 1. The number of esters is 2. The van der Waals surface area contributed by atoms with Crippen LogP contribution in [-0.2, 0) is 14.2 Å². The van der Waals surface area contributed by atoms with Gasteiger partial charge in [0.15, 0.2) is 12.3 Å². The molecule has 0 saturated carbocycles. The van der Waals surface area contributed by atoms with Gasteiger partial charge in [-0.25, -0.2) is 14.4 Å². The van der Waals surface area contributed by atoms with E-state index in [1.165, 1.54) is 12.3 Å². The van der Waals surface area contributed by atoms with Gasteiger partial charge in [0.2, 0.25) is 4.33 Å². The number of rotatable bonds is 6. The van der Waals surface area contributed by atoms with Crippen molar-refractivity contribution in [2.45, 2.75) is 36.6 Å². The molecule has 1 fully saturated rings. The van der Waals surface area contributed by atoms with Crippen LogP contribution in [-0.4, -0.2) is 44.6 Å². The summed E-state index contributed by atoms with van der Waals surface area (Å²) in [4.78, 5) is 41.6. The van der Waals surface area contributed by atoms with Crippen molar-refractivity contribution in [1.82, 2.24) is 9.55 Å². The molecule has 188 valence electrons. The first-order valence-corrected chi connectivity index (χ1v) is 11.7. The fourth-order valence-corrected chi connectivity index (χ4v) is 4.34. The van der Waals surface area contributed by atoms with Crippen LogP contribution < -0.4 is 11.4 Å². The Bertz CT molecular complexity index is 1320. The zero-order chi connectivity index (χ0) is 26.0. The molecule has 1 aliphatic rings. The molecule has 4 rings (SSSR count). The highest BCUT2D eigenvalue weighted by molar-refractivity contribution is 6.49. The van der Waals surface area contributed by atoms with Gasteiger partial charge in [-0.3, -0.25) is 4.57 Å². The summed E-state index contributed by atoms with van der Waals surface area (Å²) in [5, 5.41) is 0. The maximum Gasteiger partial charge on any atom is 0.351 e. The van der Waals surface area contributed by atoms with Crippen molar-refractivity contribution >= 4 is 41.0 Å². The van der Waals surface area contributed by atoms with Crippen LogP contribution in [0.15, 0.2) is 65.6 Å². The van der Waals surface area contributed by atoms with Crippen LogP contribution >= 0.6 is 23.2 Å². The van der Waals surface area contributed by atoms with E-state index in [0.717, 1.165) is 15.7 Å². The van der Waals surface area contributed by atoms with Gasteiger partial charge >= 0.3 is 17.6 Å². The fourth-order valence-electron chi connectivity index (χ4n) is 3.66. The lowest BCUT2D eigenvalue weighted by Gasteiger charge is -2.27. The van der Waals surface area contributed by atoms with Gasteiger partial charge in [0, 0.05) is 6.20 Å². The van der Waals surface area contributed by atoms with E-state index in [0.29, 0.717) is 5.56 Å². The maximum atomic E-state index is 12.9. The number of benzene rings is 2. The van der Waals surface area contributed by atoms with E-state index >= 15 is 0 Å². The van der Waals surface area contributed by atoms with Crippen LogP contribution in [0.1, 0.15) is 38.1 Å². The molecule has 0 amide bonds. The summed E-state index contributed by atoms with van der Waals surface area (Å²) in [5.41, 5.74) is 7.32. The van der Waals surface area contributed by atoms with Gasteiger partial charge in [0.05, 0.1) is 11.1 Å². The number of nitrogen functional groups attached to an aromatic ring is 1. The molecular formula is C25H23Cl2N3O6. The van der Waals surface area contributed by atoms with Gasteiger partial charge in [-0.1, -0.05) is 58.6 Å². The van der Waals surface area contributed by atoms with Crippen LogP contribution in [0, 0.1) is 13.8 Å². The molecule has 36 heavy (non-hydrogen) atoms. The van der Waals surface area contributed by atoms with E-state index in [-0.39, 0.29) is 18.0 Å². The first-order valence-electron chi connectivity index (χ1n) is 11.0. The third-order valence-corrected chi connectivity index (χ3v) is 6.44. The topological polar surface area (TPSA) is 123 Å². The average Bonchev–Trinajstić information content (AvgIpc) is 3.08. The molecule has 3 atom stereocenters.